The van der Waals surface area contributed by atoms with Crippen LogP contribution >= 0.6 is 0 Å². The summed E-state index contributed by atoms with van der Waals surface area (Å²) in [5, 5.41) is 3.05. The zero-order valence-corrected chi connectivity index (χ0v) is 9.71. The van der Waals surface area contributed by atoms with Crippen LogP contribution in [0.5, 0.6) is 5.88 Å². The van der Waals surface area contributed by atoms with Crippen LogP contribution in [0.2, 0.25) is 0 Å². The van der Waals surface area contributed by atoms with Crippen molar-refractivity contribution in [1.82, 2.24) is 9.97 Å². The van der Waals surface area contributed by atoms with Gasteiger partial charge in [-0.2, -0.15) is 0 Å². The SMILES string of the molecule is CCOc1cc(NCCS(C)=O)ncn1. The highest BCUT2D eigenvalue weighted by molar-refractivity contribution is 7.84. The van der Waals surface area contributed by atoms with E-state index in [1.165, 1.54) is 6.33 Å². The molecule has 6 heteroatoms. The summed E-state index contributed by atoms with van der Waals surface area (Å²) in [4.78, 5) is 7.96. The van der Waals surface area contributed by atoms with Crippen molar-refractivity contribution in [1.29, 1.82) is 0 Å². The lowest BCUT2D eigenvalue weighted by Gasteiger charge is -2.05. The van der Waals surface area contributed by atoms with Gasteiger partial charge in [0.15, 0.2) is 0 Å². The zero-order valence-electron chi connectivity index (χ0n) is 8.90. The Labute approximate surface area is 91.7 Å². The van der Waals surface area contributed by atoms with Crippen molar-refractivity contribution >= 4 is 16.6 Å². The molecule has 0 saturated carbocycles. The smallest absolute Gasteiger partial charge is 0.218 e. The minimum absolute atomic E-state index is 0.549. The zero-order chi connectivity index (χ0) is 11.1. The first-order valence-corrected chi connectivity index (χ1v) is 6.44. The Morgan fingerprint density at radius 3 is 3.00 bits per heavy atom. The molecule has 1 N–H and O–H groups in total. The summed E-state index contributed by atoms with van der Waals surface area (Å²) < 4.78 is 16.0. The van der Waals surface area contributed by atoms with Crippen LogP contribution in [-0.2, 0) is 10.8 Å². The Balaban J connectivity index is 2.46. The Morgan fingerprint density at radius 1 is 1.53 bits per heavy atom. The third-order valence-corrected chi connectivity index (χ3v) is 2.41. The van der Waals surface area contributed by atoms with Crippen LogP contribution in [0.25, 0.3) is 0 Å². The van der Waals surface area contributed by atoms with E-state index in [0.717, 1.165) is 0 Å². The summed E-state index contributed by atoms with van der Waals surface area (Å²) in [7, 11) is -0.785. The first-order valence-electron chi connectivity index (χ1n) is 4.71. The van der Waals surface area contributed by atoms with E-state index >= 15 is 0 Å². The highest BCUT2D eigenvalue weighted by Crippen LogP contribution is 2.10. The van der Waals surface area contributed by atoms with E-state index < -0.39 is 10.8 Å². The van der Waals surface area contributed by atoms with Crippen LogP contribution in [-0.4, -0.2) is 39.3 Å². The molecule has 0 aliphatic heterocycles. The molecule has 1 unspecified atom stereocenters. The molecular formula is C9H15N3O2S. The van der Waals surface area contributed by atoms with Crippen molar-refractivity contribution in [3.8, 4) is 5.88 Å². The molecule has 1 atom stereocenters. The van der Waals surface area contributed by atoms with Crippen LogP contribution in [0.4, 0.5) is 5.82 Å². The van der Waals surface area contributed by atoms with Gasteiger partial charge in [0.1, 0.15) is 12.1 Å². The fraction of sp³-hybridized carbons (Fsp3) is 0.556. The van der Waals surface area contributed by atoms with Gasteiger partial charge in [0, 0.05) is 35.4 Å². The van der Waals surface area contributed by atoms with E-state index in [1.807, 2.05) is 6.92 Å². The second-order valence-corrected chi connectivity index (χ2v) is 4.43. The molecule has 1 rings (SSSR count). The van der Waals surface area contributed by atoms with Crippen LogP contribution in [0, 0.1) is 0 Å². The fourth-order valence-electron chi connectivity index (χ4n) is 0.986. The van der Waals surface area contributed by atoms with E-state index in [1.54, 1.807) is 12.3 Å². The summed E-state index contributed by atoms with van der Waals surface area (Å²) in [6.07, 6.45) is 3.11. The summed E-state index contributed by atoms with van der Waals surface area (Å²) in [6, 6.07) is 1.72. The molecule has 0 amide bonds. The molecule has 15 heavy (non-hydrogen) atoms. The van der Waals surface area contributed by atoms with Gasteiger partial charge in [0.2, 0.25) is 5.88 Å². The molecule has 0 aliphatic rings. The van der Waals surface area contributed by atoms with Crippen molar-refractivity contribution in [3.05, 3.63) is 12.4 Å². The van der Waals surface area contributed by atoms with Crippen molar-refractivity contribution in [2.24, 2.45) is 0 Å². The van der Waals surface area contributed by atoms with Crippen molar-refractivity contribution in [2.45, 2.75) is 6.92 Å². The minimum Gasteiger partial charge on any atom is -0.478 e. The molecule has 0 saturated heterocycles. The Morgan fingerprint density at radius 2 is 2.33 bits per heavy atom. The van der Waals surface area contributed by atoms with Gasteiger partial charge in [-0.05, 0) is 6.92 Å². The Hall–Kier alpha value is -1.17. The number of hydrogen-bond donors (Lipinski definition) is 1. The number of ether oxygens (including phenoxy) is 1. The van der Waals surface area contributed by atoms with Gasteiger partial charge in [-0.1, -0.05) is 0 Å². The standard InChI is InChI=1S/C9H15N3O2S/c1-3-14-9-6-8(11-7-12-9)10-4-5-15(2)13/h6-7H,3-5H2,1-2H3,(H,10,11,12). The lowest BCUT2D eigenvalue weighted by Crippen LogP contribution is -2.11. The monoisotopic (exact) mass is 229 g/mol. The van der Waals surface area contributed by atoms with E-state index in [9.17, 15) is 4.21 Å². The molecular weight excluding hydrogens is 214 g/mol. The van der Waals surface area contributed by atoms with Gasteiger partial charge in [-0.3, -0.25) is 4.21 Å². The molecule has 0 fully saturated rings. The van der Waals surface area contributed by atoms with Gasteiger partial charge in [-0.25, -0.2) is 9.97 Å². The minimum atomic E-state index is -0.785. The normalized spacial score (nSPS) is 12.1. The molecule has 0 aromatic carbocycles. The van der Waals surface area contributed by atoms with Crippen molar-refractivity contribution < 1.29 is 8.95 Å². The van der Waals surface area contributed by atoms with Gasteiger partial charge in [-0.15, -0.1) is 0 Å². The quantitative estimate of drug-likeness (QED) is 0.776. The van der Waals surface area contributed by atoms with E-state index in [2.05, 4.69) is 15.3 Å². The first-order chi connectivity index (χ1) is 7.22. The average Bonchev–Trinajstić information content (AvgIpc) is 2.18. The third kappa shape index (κ3) is 4.73. The maximum atomic E-state index is 10.8. The summed E-state index contributed by atoms with van der Waals surface area (Å²) in [6.45, 7) is 3.11. The maximum absolute atomic E-state index is 10.8. The second kappa shape index (κ2) is 6.34. The van der Waals surface area contributed by atoms with Crippen LogP contribution in [0.1, 0.15) is 6.92 Å². The number of hydrogen-bond acceptors (Lipinski definition) is 5. The number of aromatic nitrogens is 2. The van der Waals surface area contributed by atoms with Gasteiger partial charge < -0.3 is 10.1 Å². The van der Waals surface area contributed by atoms with Crippen LogP contribution < -0.4 is 10.1 Å². The Bertz CT molecular complexity index is 333. The molecule has 84 valence electrons. The summed E-state index contributed by atoms with van der Waals surface area (Å²) >= 11 is 0. The van der Waals surface area contributed by atoms with E-state index in [4.69, 9.17) is 4.74 Å². The molecule has 1 aromatic rings. The molecule has 5 nitrogen and oxygen atoms in total. The largest absolute Gasteiger partial charge is 0.478 e. The number of nitrogens with zero attached hydrogens (tertiary/aromatic N) is 2. The second-order valence-electron chi connectivity index (χ2n) is 2.88. The van der Waals surface area contributed by atoms with E-state index in [0.29, 0.717) is 30.6 Å². The van der Waals surface area contributed by atoms with Crippen molar-refractivity contribution in [3.63, 3.8) is 0 Å². The van der Waals surface area contributed by atoms with Crippen molar-refractivity contribution in [2.75, 3.05) is 30.5 Å². The lowest BCUT2D eigenvalue weighted by molar-refractivity contribution is 0.326. The predicted molar refractivity (Wildman–Crippen MR) is 60.6 cm³/mol. The van der Waals surface area contributed by atoms with Gasteiger partial charge in [0.25, 0.3) is 0 Å². The number of nitrogens with one attached hydrogen (secondary N) is 1. The molecule has 0 aliphatic carbocycles. The van der Waals surface area contributed by atoms with Gasteiger partial charge in [0.05, 0.1) is 6.61 Å². The molecule has 1 heterocycles. The summed E-state index contributed by atoms with van der Waals surface area (Å²) in [5.41, 5.74) is 0. The Kier molecular flexibility index (Phi) is 5.03. The number of anilines is 1. The van der Waals surface area contributed by atoms with Gasteiger partial charge >= 0.3 is 0 Å². The molecule has 0 radical (unpaired) electrons. The maximum Gasteiger partial charge on any atom is 0.218 e. The molecule has 0 spiro atoms. The average molecular weight is 229 g/mol. The fourth-order valence-corrected chi connectivity index (χ4v) is 1.38. The lowest BCUT2D eigenvalue weighted by atomic mass is 10.5. The first kappa shape index (κ1) is 11.9. The van der Waals surface area contributed by atoms with Crippen LogP contribution in [0.3, 0.4) is 0 Å². The highest BCUT2D eigenvalue weighted by atomic mass is 32.2. The van der Waals surface area contributed by atoms with Crippen LogP contribution in [0.15, 0.2) is 12.4 Å². The summed E-state index contributed by atoms with van der Waals surface area (Å²) in [5.74, 6) is 1.85. The third-order valence-electron chi connectivity index (χ3n) is 1.63. The predicted octanol–water partition coefficient (Wildman–Crippen LogP) is 0.666. The molecule has 0 bridgehead atoms. The van der Waals surface area contributed by atoms with E-state index in [-0.39, 0.29) is 0 Å². The number of rotatable bonds is 6. The topological polar surface area (TPSA) is 64.1 Å². The highest BCUT2D eigenvalue weighted by Gasteiger charge is 1.98. The molecule has 1 aromatic heterocycles.